The van der Waals surface area contributed by atoms with Crippen molar-refractivity contribution in [3.63, 3.8) is 0 Å². The number of imidazole rings is 1. The predicted molar refractivity (Wildman–Crippen MR) is 166 cm³/mol. The first kappa shape index (κ1) is 29.8. The fraction of sp³-hybridized carbons (Fsp3) is 0.0556. The van der Waals surface area contributed by atoms with Crippen LogP contribution < -0.4 is 0 Å². The van der Waals surface area contributed by atoms with Crippen molar-refractivity contribution in [3.8, 4) is 51.2 Å². The third-order valence-electron chi connectivity index (χ3n) is 7.47. The van der Waals surface area contributed by atoms with E-state index in [1.807, 2.05) is 60.7 Å². The van der Waals surface area contributed by atoms with Gasteiger partial charge in [0.25, 0.3) is 0 Å². The van der Waals surface area contributed by atoms with Gasteiger partial charge in [-0.3, -0.25) is 4.57 Å². The average molecular weight is 638 g/mol. The summed E-state index contributed by atoms with van der Waals surface area (Å²) in [5.41, 5.74) is 0.0194. The van der Waals surface area contributed by atoms with E-state index in [9.17, 15) is 26.3 Å². The highest BCUT2D eigenvalue weighted by molar-refractivity contribution is 5.84. The topological polar surface area (TPSA) is 56.5 Å². The molecule has 0 fully saturated rings. The largest absolute Gasteiger partial charge is 0.416 e. The summed E-state index contributed by atoms with van der Waals surface area (Å²) in [5.74, 6) is 1.31. The normalized spacial score (nSPS) is 12.0. The molecule has 7 aromatic rings. The number of alkyl halides is 6. The zero-order valence-corrected chi connectivity index (χ0v) is 24.1. The molecule has 0 unspecified atom stereocenters. The summed E-state index contributed by atoms with van der Waals surface area (Å²) in [6, 6.07) is 33.6. The summed E-state index contributed by atoms with van der Waals surface area (Å²) in [5, 5.41) is 0. The van der Waals surface area contributed by atoms with E-state index in [0.717, 1.165) is 11.1 Å². The standard InChI is InChI=1S/C36H21F6N5/c37-35(38,39)26-19-27(36(40,41)42)21-28(20-26)47-30-17-8-7-16-29(30)43-34(47)25-15-9-14-24(18-25)33-45-31(22-10-3-1-4-11-22)44-32(46-33)23-12-5-2-6-13-23/h1-21H. The van der Waals surface area contributed by atoms with Crippen molar-refractivity contribution < 1.29 is 26.3 Å². The molecule has 11 heteroatoms. The average Bonchev–Trinajstić information content (AvgIpc) is 3.48. The Bertz CT molecular complexity index is 2140. The molecular weight excluding hydrogens is 616 g/mol. The molecule has 0 aliphatic carbocycles. The molecule has 0 saturated carbocycles. The van der Waals surface area contributed by atoms with Gasteiger partial charge < -0.3 is 0 Å². The lowest BCUT2D eigenvalue weighted by Gasteiger charge is -2.17. The van der Waals surface area contributed by atoms with Crippen LogP contribution in [0, 0.1) is 0 Å². The molecule has 2 heterocycles. The molecule has 232 valence electrons. The van der Waals surface area contributed by atoms with E-state index in [0.29, 0.717) is 51.8 Å². The number of rotatable bonds is 5. The molecule has 0 radical (unpaired) electrons. The van der Waals surface area contributed by atoms with Gasteiger partial charge in [-0.05, 0) is 36.4 Å². The zero-order valence-electron chi connectivity index (χ0n) is 24.1. The van der Waals surface area contributed by atoms with Gasteiger partial charge in [0.1, 0.15) is 5.82 Å². The molecular formula is C36H21F6N5. The molecule has 7 rings (SSSR count). The third-order valence-corrected chi connectivity index (χ3v) is 7.47. The number of nitrogens with zero attached hydrogens (tertiary/aromatic N) is 5. The summed E-state index contributed by atoms with van der Waals surface area (Å²) >= 11 is 0. The molecule has 0 N–H and O–H groups in total. The smallest absolute Gasteiger partial charge is 0.292 e. The molecule has 0 amide bonds. The molecule has 0 saturated heterocycles. The van der Waals surface area contributed by atoms with Gasteiger partial charge in [-0.15, -0.1) is 0 Å². The van der Waals surface area contributed by atoms with Crippen molar-refractivity contribution in [1.29, 1.82) is 0 Å². The van der Waals surface area contributed by atoms with Gasteiger partial charge in [-0.25, -0.2) is 19.9 Å². The van der Waals surface area contributed by atoms with Crippen LogP contribution in [0.3, 0.4) is 0 Å². The first-order chi connectivity index (χ1) is 22.5. The molecule has 0 atom stereocenters. The summed E-state index contributed by atoms with van der Waals surface area (Å²) < 4.78 is 84.4. The zero-order chi connectivity index (χ0) is 32.8. The minimum atomic E-state index is -5.02. The molecule has 2 aromatic heterocycles. The fourth-order valence-corrected chi connectivity index (χ4v) is 5.28. The highest BCUT2D eigenvalue weighted by atomic mass is 19.4. The highest BCUT2D eigenvalue weighted by Gasteiger charge is 2.37. The number of halogens is 6. The van der Waals surface area contributed by atoms with Gasteiger partial charge in [0.2, 0.25) is 0 Å². The van der Waals surface area contributed by atoms with E-state index in [-0.39, 0.29) is 17.6 Å². The van der Waals surface area contributed by atoms with Crippen LogP contribution in [0.15, 0.2) is 127 Å². The lowest BCUT2D eigenvalue weighted by Crippen LogP contribution is -2.12. The second-order valence-corrected chi connectivity index (χ2v) is 10.6. The minimum absolute atomic E-state index is 0.109. The Labute approximate surface area is 263 Å². The Morgan fingerprint density at radius 2 is 0.894 bits per heavy atom. The van der Waals surface area contributed by atoms with Gasteiger partial charge in [0, 0.05) is 27.9 Å². The summed E-state index contributed by atoms with van der Waals surface area (Å²) in [7, 11) is 0. The van der Waals surface area contributed by atoms with Crippen LogP contribution in [0.25, 0.3) is 62.3 Å². The van der Waals surface area contributed by atoms with Crippen molar-refractivity contribution in [2.45, 2.75) is 12.4 Å². The van der Waals surface area contributed by atoms with Crippen LogP contribution in [0.2, 0.25) is 0 Å². The van der Waals surface area contributed by atoms with Gasteiger partial charge >= 0.3 is 12.4 Å². The Balaban J connectivity index is 1.43. The third kappa shape index (κ3) is 5.95. The van der Waals surface area contributed by atoms with E-state index in [4.69, 9.17) is 15.0 Å². The van der Waals surface area contributed by atoms with E-state index < -0.39 is 23.5 Å². The van der Waals surface area contributed by atoms with Gasteiger partial charge in [0.15, 0.2) is 17.5 Å². The maximum absolute atomic E-state index is 13.9. The van der Waals surface area contributed by atoms with Crippen LogP contribution in [-0.2, 0) is 12.4 Å². The lowest BCUT2D eigenvalue weighted by atomic mass is 10.1. The van der Waals surface area contributed by atoms with Crippen molar-refractivity contribution in [3.05, 3.63) is 139 Å². The molecule has 0 bridgehead atoms. The molecule has 0 aliphatic rings. The second-order valence-electron chi connectivity index (χ2n) is 10.6. The Kier molecular flexibility index (Phi) is 7.31. The van der Waals surface area contributed by atoms with E-state index in [2.05, 4.69) is 4.98 Å². The van der Waals surface area contributed by atoms with Crippen LogP contribution in [-0.4, -0.2) is 24.5 Å². The van der Waals surface area contributed by atoms with Crippen molar-refractivity contribution >= 4 is 11.0 Å². The van der Waals surface area contributed by atoms with Gasteiger partial charge in [-0.1, -0.05) is 91.0 Å². The number of para-hydroxylation sites is 2. The van der Waals surface area contributed by atoms with E-state index in [1.165, 1.54) is 4.57 Å². The summed E-state index contributed by atoms with van der Waals surface area (Å²) in [6.07, 6.45) is -10.0. The molecule has 5 nitrogen and oxygen atoms in total. The predicted octanol–water partition coefficient (Wildman–Crippen LogP) is 9.92. The maximum Gasteiger partial charge on any atom is 0.416 e. The molecule has 0 spiro atoms. The van der Waals surface area contributed by atoms with Crippen molar-refractivity contribution in [2.75, 3.05) is 0 Å². The van der Waals surface area contributed by atoms with Crippen LogP contribution in [0.5, 0.6) is 0 Å². The molecule has 0 aliphatic heterocycles. The number of fused-ring (bicyclic) bond motifs is 1. The van der Waals surface area contributed by atoms with E-state index >= 15 is 0 Å². The Morgan fingerprint density at radius 3 is 1.45 bits per heavy atom. The van der Waals surface area contributed by atoms with Gasteiger partial charge in [0.05, 0.1) is 22.2 Å². The monoisotopic (exact) mass is 637 g/mol. The van der Waals surface area contributed by atoms with E-state index in [1.54, 1.807) is 48.5 Å². The molecule has 5 aromatic carbocycles. The number of hydrogen-bond acceptors (Lipinski definition) is 4. The lowest BCUT2D eigenvalue weighted by molar-refractivity contribution is -0.143. The SMILES string of the molecule is FC(F)(F)c1cc(-n2c(-c3cccc(-c4nc(-c5ccccc5)nc(-c5ccccc5)n4)c3)nc3ccccc32)cc(C(F)(F)F)c1. The van der Waals surface area contributed by atoms with Crippen LogP contribution in [0.1, 0.15) is 11.1 Å². The Hall–Kier alpha value is -5.84. The summed E-state index contributed by atoms with van der Waals surface area (Å²) in [6.45, 7) is 0. The first-order valence-corrected chi connectivity index (χ1v) is 14.3. The second kappa shape index (κ2) is 11.5. The molecule has 47 heavy (non-hydrogen) atoms. The van der Waals surface area contributed by atoms with Crippen molar-refractivity contribution in [2.24, 2.45) is 0 Å². The van der Waals surface area contributed by atoms with Crippen molar-refractivity contribution in [1.82, 2.24) is 24.5 Å². The fourth-order valence-electron chi connectivity index (χ4n) is 5.28. The van der Waals surface area contributed by atoms with Crippen LogP contribution in [0.4, 0.5) is 26.3 Å². The quantitative estimate of drug-likeness (QED) is 0.176. The number of benzene rings is 5. The van der Waals surface area contributed by atoms with Gasteiger partial charge in [-0.2, -0.15) is 26.3 Å². The number of hydrogen-bond donors (Lipinski definition) is 0. The van der Waals surface area contributed by atoms with Crippen LogP contribution >= 0.6 is 0 Å². The minimum Gasteiger partial charge on any atom is -0.292 e. The Morgan fingerprint density at radius 1 is 0.426 bits per heavy atom. The highest BCUT2D eigenvalue weighted by Crippen LogP contribution is 2.39. The summed E-state index contributed by atoms with van der Waals surface area (Å²) in [4.78, 5) is 18.8. The number of aromatic nitrogens is 5. The maximum atomic E-state index is 13.9. The first-order valence-electron chi connectivity index (χ1n) is 14.3.